The molecule has 0 spiro atoms. The molecular formula is C24H28FN3O3S. The normalized spacial score (nSPS) is 24.2. The monoisotopic (exact) mass is 457 g/mol. The highest BCUT2D eigenvalue weighted by Gasteiger charge is 2.64. The van der Waals surface area contributed by atoms with Gasteiger partial charge in [0.15, 0.2) is 5.13 Å². The van der Waals surface area contributed by atoms with Gasteiger partial charge in [0.25, 0.3) is 0 Å². The summed E-state index contributed by atoms with van der Waals surface area (Å²) in [6.45, 7) is 8.15. The number of nitrogens with zero attached hydrogens (tertiary/aromatic N) is 2. The van der Waals surface area contributed by atoms with E-state index >= 15 is 0 Å². The van der Waals surface area contributed by atoms with Crippen LogP contribution in [-0.2, 0) is 14.4 Å². The van der Waals surface area contributed by atoms with Crippen LogP contribution in [0.25, 0.3) is 11.3 Å². The van der Waals surface area contributed by atoms with E-state index < -0.39 is 5.41 Å². The Bertz CT molecular complexity index is 1080. The quantitative estimate of drug-likeness (QED) is 0.633. The van der Waals surface area contributed by atoms with Gasteiger partial charge in [0.1, 0.15) is 5.82 Å². The lowest BCUT2D eigenvalue weighted by Crippen LogP contribution is -2.59. The Kier molecular flexibility index (Phi) is 5.69. The summed E-state index contributed by atoms with van der Waals surface area (Å²) in [4.78, 5) is 45.2. The minimum absolute atomic E-state index is 0.102. The number of thiazole rings is 1. The first-order chi connectivity index (χ1) is 15.0. The fourth-order valence-electron chi connectivity index (χ4n) is 5.02. The van der Waals surface area contributed by atoms with E-state index in [1.165, 1.54) is 28.4 Å². The van der Waals surface area contributed by atoms with E-state index in [-0.39, 0.29) is 47.8 Å². The number of halogens is 1. The van der Waals surface area contributed by atoms with Gasteiger partial charge in [-0.25, -0.2) is 9.37 Å². The average molecular weight is 458 g/mol. The Hall–Kier alpha value is -2.61. The molecule has 1 saturated heterocycles. The fraction of sp³-hybridized carbons (Fsp3) is 0.500. The van der Waals surface area contributed by atoms with Crippen LogP contribution in [0.4, 0.5) is 9.52 Å². The van der Waals surface area contributed by atoms with E-state index in [0.29, 0.717) is 17.2 Å². The highest BCUT2D eigenvalue weighted by atomic mass is 32.1. The molecule has 1 N–H and O–H groups in total. The molecule has 2 aliphatic rings. The van der Waals surface area contributed by atoms with Crippen molar-refractivity contribution in [3.63, 3.8) is 0 Å². The molecule has 32 heavy (non-hydrogen) atoms. The smallest absolute Gasteiger partial charge is 0.235 e. The summed E-state index contributed by atoms with van der Waals surface area (Å²) in [6, 6.07) is 6.07. The third-order valence-electron chi connectivity index (χ3n) is 7.45. The van der Waals surface area contributed by atoms with Crippen molar-refractivity contribution in [1.82, 2.24) is 9.88 Å². The number of likely N-dealkylation sites (tertiary alicyclic amines) is 1. The molecule has 2 atom stereocenters. The lowest BCUT2D eigenvalue weighted by molar-refractivity contribution is -0.168. The van der Waals surface area contributed by atoms with Crippen molar-refractivity contribution in [3.05, 3.63) is 35.0 Å². The van der Waals surface area contributed by atoms with Crippen molar-refractivity contribution >= 4 is 34.2 Å². The molecule has 0 radical (unpaired) electrons. The minimum atomic E-state index is -0.525. The summed E-state index contributed by atoms with van der Waals surface area (Å²) < 4.78 is 13.2. The van der Waals surface area contributed by atoms with Gasteiger partial charge in [-0.2, -0.15) is 0 Å². The number of fused-ring (bicyclic) bond motifs is 2. The third kappa shape index (κ3) is 3.64. The van der Waals surface area contributed by atoms with Gasteiger partial charge >= 0.3 is 0 Å². The molecule has 4 rings (SSSR count). The molecule has 2 fully saturated rings. The van der Waals surface area contributed by atoms with Crippen molar-refractivity contribution in [3.8, 4) is 11.3 Å². The van der Waals surface area contributed by atoms with E-state index in [9.17, 15) is 18.8 Å². The van der Waals surface area contributed by atoms with Crippen molar-refractivity contribution in [2.75, 3.05) is 11.9 Å². The summed E-state index contributed by atoms with van der Waals surface area (Å²) in [6.07, 6.45) is 2.06. The number of carbonyl (C=O) groups is 3. The maximum Gasteiger partial charge on any atom is 0.235 e. The van der Waals surface area contributed by atoms with Gasteiger partial charge in [-0.1, -0.05) is 20.8 Å². The van der Waals surface area contributed by atoms with Gasteiger partial charge in [0, 0.05) is 29.3 Å². The SMILES string of the molecule is Cc1sc(NC(=O)CCCN2C(=O)C3CCC(C)(C2=O)C3(C)C)nc1-c1ccc(F)cc1. The lowest BCUT2D eigenvalue weighted by atomic mass is 9.62. The van der Waals surface area contributed by atoms with Crippen LogP contribution >= 0.6 is 11.3 Å². The molecule has 1 aliphatic heterocycles. The number of hydrogen-bond donors (Lipinski definition) is 1. The number of aryl methyl sites for hydroxylation is 1. The number of imide groups is 1. The first kappa shape index (κ1) is 22.6. The maximum absolute atomic E-state index is 13.2. The summed E-state index contributed by atoms with van der Waals surface area (Å²) >= 11 is 1.36. The molecule has 1 aromatic carbocycles. The predicted molar refractivity (Wildman–Crippen MR) is 121 cm³/mol. The van der Waals surface area contributed by atoms with Crippen molar-refractivity contribution in [2.24, 2.45) is 16.7 Å². The highest BCUT2D eigenvalue weighted by molar-refractivity contribution is 7.16. The Labute approximate surface area is 191 Å². The lowest BCUT2D eigenvalue weighted by Gasteiger charge is -2.47. The molecule has 8 heteroatoms. The van der Waals surface area contributed by atoms with Crippen molar-refractivity contribution in [1.29, 1.82) is 0 Å². The first-order valence-corrected chi connectivity index (χ1v) is 11.8. The van der Waals surface area contributed by atoms with Gasteiger partial charge in [0.2, 0.25) is 17.7 Å². The summed E-state index contributed by atoms with van der Waals surface area (Å²) in [5.41, 5.74) is 0.637. The number of nitrogens with one attached hydrogen (secondary N) is 1. The zero-order valence-electron chi connectivity index (χ0n) is 18.8. The van der Waals surface area contributed by atoms with Crippen molar-refractivity contribution in [2.45, 2.75) is 53.4 Å². The van der Waals surface area contributed by atoms with Crippen LogP contribution in [0.5, 0.6) is 0 Å². The minimum Gasteiger partial charge on any atom is -0.302 e. The number of carbonyl (C=O) groups excluding carboxylic acids is 3. The molecule has 170 valence electrons. The first-order valence-electron chi connectivity index (χ1n) is 10.9. The maximum atomic E-state index is 13.2. The number of hydrogen-bond acceptors (Lipinski definition) is 5. The number of amides is 3. The molecule has 3 amide bonds. The van der Waals surface area contributed by atoms with E-state index in [2.05, 4.69) is 10.3 Å². The fourth-order valence-corrected chi connectivity index (χ4v) is 5.87. The second kappa shape index (κ2) is 8.06. The highest BCUT2D eigenvalue weighted by Crippen LogP contribution is 2.60. The summed E-state index contributed by atoms with van der Waals surface area (Å²) in [5.74, 6) is -0.875. The zero-order valence-corrected chi connectivity index (χ0v) is 19.6. The van der Waals surface area contributed by atoms with Gasteiger partial charge in [-0.3, -0.25) is 19.3 Å². The molecule has 2 heterocycles. The second-order valence-corrected chi connectivity index (χ2v) is 10.7. The Morgan fingerprint density at radius 1 is 1.25 bits per heavy atom. The Morgan fingerprint density at radius 3 is 2.62 bits per heavy atom. The Morgan fingerprint density at radius 2 is 1.94 bits per heavy atom. The number of anilines is 1. The van der Waals surface area contributed by atoms with Gasteiger partial charge in [-0.05, 0) is 55.9 Å². The number of rotatable bonds is 6. The molecule has 6 nitrogen and oxygen atoms in total. The summed E-state index contributed by atoms with van der Waals surface area (Å²) in [7, 11) is 0. The van der Waals surface area contributed by atoms with E-state index in [1.54, 1.807) is 12.1 Å². The zero-order chi connectivity index (χ0) is 23.3. The molecule has 1 aliphatic carbocycles. The molecular weight excluding hydrogens is 429 g/mol. The van der Waals surface area contributed by atoms with Crippen LogP contribution in [0.2, 0.25) is 0 Å². The van der Waals surface area contributed by atoms with Crippen LogP contribution in [0.1, 0.15) is 51.3 Å². The molecule has 2 bridgehead atoms. The topological polar surface area (TPSA) is 79.4 Å². The van der Waals surface area contributed by atoms with E-state index in [0.717, 1.165) is 23.3 Å². The molecule has 1 aromatic heterocycles. The molecule has 2 unspecified atom stereocenters. The van der Waals surface area contributed by atoms with Crippen LogP contribution in [0.15, 0.2) is 24.3 Å². The average Bonchev–Trinajstić information content (AvgIpc) is 3.18. The number of piperidine rings is 1. The Balaban J connectivity index is 1.34. The van der Waals surface area contributed by atoms with Crippen LogP contribution < -0.4 is 5.32 Å². The summed E-state index contributed by atoms with van der Waals surface area (Å²) in [5, 5.41) is 3.28. The van der Waals surface area contributed by atoms with E-state index in [1.807, 2.05) is 27.7 Å². The van der Waals surface area contributed by atoms with Gasteiger partial charge < -0.3 is 5.32 Å². The number of benzene rings is 1. The van der Waals surface area contributed by atoms with E-state index in [4.69, 9.17) is 0 Å². The van der Waals surface area contributed by atoms with Gasteiger partial charge in [0.05, 0.1) is 11.1 Å². The van der Waals surface area contributed by atoms with Crippen LogP contribution in [0.3, 0.4) is 0 Å². The molecule has 1 saturated carbocycles. The third-order valence-corrected chi connectivity index (χ3v) is 8.34. The predicted octanol–water partition coefficient (Wildman–Crippen LogP) is 4.79. The van der Waals surface area contributed by atoms with Gasteiger partial charge in [-0.15, -0.1) is 11.3 Å². The van der Waals surface area contributed by atoms with Crippen molar-refractivity contribution < 1.29 is 18.8 Å². The second-order valence-electron chi connectivity index (χ2n) is 9.52. The standard InChI is InChI=1S/C24H28FN3O3S/c1-14-19(15-7-9-16(25)10-8-15)27-22(32-14)26-18(29)6-5-13-28-20(30)17-11-12-24(4,21(28)31)23(17,2)3/h7-10,17H,5-6,11-13H2,1-4H3,(H,26,27,29). The largest absolute Gasteiger partial charge is 0.302 e. The molecule has 2 aromatic rings. The number of aromatic nitrogens is 1. The van der Waals surface area contributed by atoms with Crippen LogP contribution in [0, 0.1) is 29.5 Å². The van der Waals surface area contributed by atoms with Crippen LogP contribution in [-0.4, -0.2) is 34.2 Å².